The van der Waals surface area contributed by atoms with Crippen molar-refractivity contribution >= 4 is 17.3 Å². The summed E-state index contributed by atoms with van der Waals surface area (Å²) in [7, 11) is 1.45. The summed E-state index contributed by atoms with van der Waals surface area (Å²) in [6, 6.07) is 12.1. The number of non-ortho nitro benzene ring substituents is 1. The van der Waals surface area contributed by atoms with E-state index in [0.29, 0.717) is 17.9 Å². The molecule has 0 heterocycles. The predicted octanol–water partition coefficient (Wildman–Crippen LogP) is 3.48. The fourth-order valence-corrected chi connectivity index (χ4v) is 2.13. The highest BCUT2D eigenvalue weighted by Crippen LogP contribution is 2.29. The second kappa shape index (κ2) is 7.40. The molecule has 0 spiro atoms. The van der Waals surface area contributed by atoms with Gasteiger partial charge < -0.3 is 10.1 Å². The van der Waals surface area contributed by atoms with Crippen LogP contribution in [0.1, 0.15) is 17.5 Å². The summed E-state index contributed by atoms with van der Waals surface area (Å²) in [5.74, 6) is 0.170. The van der Waals surface area contributed by atoms with Crippen LogP contribution in [0.5, 0.6) is 5.75 Å². The Labute approximate surface area is 134 Å². The molecule has 6 nitrogen and oxygen atoms in total. The van der Waals surface area contributed by atoms with Crippen LogP contribution in [0, 0.1) is 17.0 Å². The van der Waals surface area contributed by atoms with Gasteiger partial charge in [-0.15, -0.1) is 0 Å². The summed E-state index contributed by atoms with van der Waals surface area (Å²) in [4.78, 5) is 22.4. The molecule has 0 bridgehead atoms. The SMILES string of the molecule is COc1ccc([N+](=O)[O-])cc1NC(=O)CCc1ccc(C)cc1. The number of amides is 1. The van der Waals surface area contributed by atoms with Crippen LogP contribution in [-0.2, 0) is 11.2 Å². The Hall–Kier alpha value is -2.89. The number of methoxy groups -OCH3 is 1. The fourth-order valence-electron chi connectivity index (χ4n) is 2.13. The number of benzene rings is 2. The predicted molar refractivity (Wildman–Crippen MR) is 87.8 cm³/mol. The number of anilines is 1. The van der Waals surface area contributed by atoms with Crippen molar-refractivity contribution in [3.8, 4) is 5.75 Å². The van der Waals surface area contributed by atoms with Gasteiger partial charge >= 0.3 is 0 Å². The normalized spacial score (nSPS) is 10.2. The molecule has 0 aliphatic carbocycles. The topological polar surface area (TPSA) is 81.5 Å². The van der Waals surface area contributed by atoms with Crippen LogP contribution in [0.4, 0.5) is 11.4 Å². The van der Waals surface area contributed by atoms with Crippen molar-refractivity contribution in [1.29, 1.82) is 0 Å². The molecule has 0 saturated carbocycles. The van der Waals surface area contributed by atoms with E-state index in [9.17, 15) is 14.9 Å². The Balaban J connectivity index is 2.02. The van der Waals surface area contributed by atoms with E-state index in [0.717, 1.165) is 5.56 Å². The van der Waals surface area contributed by atoms with Crippen molar-refractivity contribution < 1.29 is 14.5 Å². The first kappa shape index (κ1) is 16.5. The zero-order valence-electron chi connectivity index (χ0n) is 13.0. The molecular weight excluding hydrogens is 296 g/mol. The molecule has 23 heavy (non-hydrogen) atoms. The summed E-state index contributed by atoms with van der Waals surface area (Å²) < 4.78 is 5.12. The number of nitro groups is 1. The summed E-state index contributed by atoms with van der Waals surface area (Å²) in [6.45, 7) is 2.01. The zero-order valence-corrected chi connectivity index (χ0v) is 13.0. The Morgan fingerprint density at radius 2 is 1.91 bits per heavy atom. The van der Waals surface area contributed by atoms with E-state index in [-0.39, 0.29) is 18.0 Å². The van der Waals surface area contributed by atoms with Crippen LogP contribution in [0.25, 0.3) is 0 Å². The second-order valence-corrected chi connectivity index (χ2v) is 5.18. The van der Waals surface area contributed by atoms with E-state index in [1.54, 1.807) is 0 Å². The van der Waals surface area contributed by atoms with E-state index >= 15 is 0 Å². The first-order valence-electron chi connectivity index (χ1n) is 7.17. The van der Waals surface area contributed by atoms with E-state index in [4.69, 9.17) is 4.74 Å². The average molecular weight is 314 g/mol. The quantitative estimate of drug-likeness (QED) is 0.653. The number of rotatable bonds is 6. The van der Waals surface area contributed by atoms with Gasteiger partial charge in [0.2, 0.25) is 5.91 Å². The molecular formula is C17H18N2O4. The van der Waals surface area contributed by atoms with Crippen molar-refractivity contribution in [2.45, 2.75) is 19.8 Å². The number of nitro benzene ring substituents is 1. The van der Waals surface area contributed by atoms with Gasteiger partial charge in [-0.05, 0) is 25.0 Å². The number of nitrogens with one attached hydrogen (secondary N) is 1. The van der Waals surface area contributed by atoms with Gasteiger partial charge in [0.15, 0.2) is 0 Å². The van der Waals surface area contributed by atoms with Gasteiger partial charge in [-0.25, -0.2) is 0 Å². The number of ether oxygens (including phenoxy) is 1. The Kier molecular flexibility index (Phi) is 5.30. The molecule has 0 aliphatic rings. The lowest BCUT2D eigenvalue weighted by atomic mass is 10.1. The number of carbonyl (C=O) groups is 1. The minimum Gasteiger partial charge on any atom is -0.495 e. The van der Waals surface area contributed by atoms with Gasteiger partial charge in [0.1, 0.15) is 5.75 Å². The van der Waals surface area contributed by atoms with Crippen LogP contribution < -0.4 is 10.1 Å². The minimum absolute atomic E-state index is 0.0976. The molecule has 1 N–H and O–H groups in total. The standard InChI is InChI=1S/C17H18N2O4/c1-12-3-5-13(6-4-12)7-10-17(20)18-15-11-14(19(21)22)8-9-16(15)23-2/h3-6,8-9,11H,7,10H2,1-2H3,(H,18,20). The molecule has 0 atom stereocenters. The first-order valence-corrected chi connectivity index (χ1v) is 7.17. The molecule has 0 radical (unpaired) electrons. The van der Waals surface area contributed by atoms with Crippen LogP contribution in [0.3, 0.4) is 0 Å². The molecule has 2 aromatic rings. The average Bonchev–Trinajstić information content (AvgIpc) is 2.54. The van der Waals surface area contributed by atoms with Gasteiger partial charge in [0.25, 0.3) is 5.69 Å². The van der Waals surface area contributed by atoms with Crippen molar-refractivity contribution in [1.82, 2.24) is 0 Å². The van der Waals surface area contributed by atoms with E-state index in [1.165, 1.54) is 30.9 Å². The third kappa shape index (κ3) is 4.54. The highest BCUT2D eigenvalue weighted by molar-refractivity contribution is 5.92. The molecule has 0 saturated heterocycles. The van der Waals surface area contributed by atoms with E-state index in [1.807, 2.05) is 31.2 Å². The lowest BCUT2D eigenvalue weighted by Crippen LogP contribution is -2.13. The lowest BCUT2D eigenvalue weighted by Gasteiger charge is -2.10. The Morgan fingerprint density at radius 1 is 1.22 bits per heavy atom. The summed E-state index contributed by atoms with van der Waals surface area (Å²) in [5, 5.41) is 13.5. The minimum atomic E-state index is -0.513. The van der Waals surface area contributed by atoms with Gasteiger partial charge in [-0.2, -0.15) is 0 Å². The van der Waals surface area contributed by atoms with Crippen LogP contribution in [0.2, 0.25) is 0 Å². The highest BCUT2D eigenvalue weighted by Gasteiger charge is 2.13. The van der Waals surface area contributed by atoms with Crippen LogP contribution >= 0.6 is 0 Å². The number of aryl methyl sites for hydroxylation is 2. The lowest BCUT2D eigenvalue weighted by molar-refractivity contribution is -0.384. The van der Waals surface area contributed by atoms with Gasteiger partial charge in [0.05, 0.1) is 17.7 Å². The van der Waals surface area contributed by atoms with E-state index < -0.39 is 4.92 Å². The van der Waals surface area contributed by atoms with Crippen molar-refractivity contribution in [2.75, 3.05) is 12.4 Å². The maximum Gasteiger partial charge on any atom is 0.271 e. The number of hydrogen-bond donors (Lipinski definition) is 1. The molecule has 0 unspecified atom stereocenters. The molecule has 2 aromatic carbocycles. The number of hydrogen-bond acceptors (Lipinski definition) is 4. The van der Waals surface area contributed by atoms with Crippen molar-refractivity contribution in [3.63, 3.8) is 0 Å². The third-order valence-corrected chi connectivity index (χ3v) is 3.43. The molecule has 1 amide bonds. The van der Waals surface area contributed by atoms with Crippen molar-refractivity contribution in [3.05, 3.63) is 63.7 Å². The van der Waals surface area contributed by atoms with Gasteiger partial charge in [-0.3, -0.25) is 14.9 Å². The summed E-state index contributed by atoms with van der Waals surface area (Å²) in [5.41, 5.74) is 2.44. The smallest absolute Gasteiger partial charge is 0.271 e. The molecule has 0 fully saturated rings. The molecule has 6 heteroatoms. The maximum atomic E-state index is 12.1. The second-order valence-electron chi connectivity index (χ2n) is 5.18. The monoisotopic (exact) mass is 314 g/mol. The zero-order chi connectivity index (χ0) is 16.8. The molecule has 120 valence electrons. The largest absolute Gasteiger partial charge is 0.495 e. The Morgan fingerprint density at radius 3 is 2.52 bits per heavy atom. The molecule has 0 aromatic heterocycles. The first-order chi connectivity index (χ1) is 11.0. The summed E-state index contributed by atoms with van der Waals surface area (Å²) >= 11 is 0. The third-order valence-electron chi connectivity index (χ3n) is 3.43. The van der Waals surface area contributed by atoms with Crippen LogP contribution in [0.15, 0.2) is 42.5 Å². The van der Waals surface area contributed by atoms with Crippen molar-refractivity contribution in [2.24, 2.45) is 0 Å². The van der Waals surface area contributed by atoms with Gasteiger partial charge in [-0.1, -0.05) is 29.8 Å². The fraction of sp³-hybridized carbons (Fsp3) is 0.235. The van der Waals surface area contributed by atoms with Crippen LogP contribution in [-0.4, -0.2) is 17.9 Å². The summed E-state index contributed by atoms with van der Waals surface area (Å²) in [6.07, 6.45) is 0.887. The van der Waals surface area contributed by atoms with E-state index in [2.05, 4.69) is 5.32 Å². The maximum absolute atomic E-state index is 12.1. The van der Waals surface area contributed by atoms with Gasteiger partial charge in [0, 0.05) is 18.6 Å². The molecule has 2 rings (SSSR count). The highest BCUT2D eigenvalue weighted by atomic mass is 16.6. The number of nitrogens with zero attached hydrogens (tertiary/aromatic N) is 1. The molecule has 0 aliphatic heterocycles. The Bertz CT molecular complexity index is 711. The number of carbonyl (C=O) groups excluding carboxylic acids is 1.